The quantitative estimate of drug-likeness (QED) is 0.838. The van der Waals surface area contributed by atoms with Gasteiger partial charge in [-0.1, -0.05) is 45.0 Å². The summed E-state index contributed by atoms with van der Waals surface area (Å²) in [4.78, 5) is 0. The van der Waals surface area contributed by atoms with Crippen LogP contribution in [0.15, 0.2) is 24.3 Å². The second kappa shape index (κ2) is 4.50. The molecule has 0 saturated carbocycles. The van der Waals surface area contributed by atoms with Crippen LogP contribution in [-0.4, -0.2) is 6.54 Å². The van der Waals surface area contributed by atoms with Crippen LogP contribution in [0, 0.1) is 0 Å². The van der Waals surface area contributed by atoms with Gasteiger partial charge in [-0.2, -0.15) is 0 Å². The third kappa shape index (κ3) is 2.59. The lowest BCUT2D eigenvalue weighted by Crippen LogP contribution is -2.28. The molecule has 0 aromatic heterocycles. The molecule has 2 N–H and O–H groups in total. The molecule has 0 aliphatic rings. The maximum absolute atomic E-state index is 13.4. The molecular weight excluding hydrogens is 208 g/mol. The smallest absolute Gasteiger partial charge is 0.273 e. The Labute approximate surface area is 95.7 Å². The molecule has 0 amide bonds. The first-order valence-electron chi connectivity index (χ1n) is 5.52. The van der Waals surface area contributed by atoms with Crippen molar-refractivity contribution in [3.63, 3.8) is 0 Å². The lowest BCUT2D eigenvalue weighted by Gasteiger charge is -2.24. The molecule has 1 nitrogen and oxygen atoms in total. The van der Waals surface area contributed by atoms with Gasteiger partial charge in [0, 0.05) is 23.9 Å². The van der Waals surface area contributed by atoms with Crippen LogP contribution < -0.4 is 5.73 Å². The molecule has 0 unspecified atom stereocenters. The summed E-state index contributed by atoms with van der Waals surface area (Å²) >= 11 is 0. The van der Waals surface area contributed by atoms with Gasteiger partial charge in [0.15, 0.2) is 0 Å². The van der Waals surface area contributed by atoms with Crippen LogP contribution in [0.1, 0.15) is 38.3 Å². The fourth-order valence-electron chi connectivity index (χ4n) is 1.49. The van der Waals surface area contributed by atoms with Gasteiger partial charge in [-0.15, -0.1) is 0 Å². The van der Waals surface area contributed by atoms with Gasteiger partial charge in [0.05, 0.1) is 0 Å². The molecule has 0 fully saturated rings. The maximum atomic E-state index is 13.4. The molecule has 0 saturated heterocycles. The number of rotatable bonds is 4. The Kier molecular flexibility index (Phi) is 3.68. The van der Waals surface area contributed by atoms with E-state index in [2.05, 4.69) is 0 Å². The van der Waals surface area contributed by atoms with E-state index in [0.29, 0.717) is 6.54 Å². The van der Waals surface area contributed by atoms with Crippen molar-refractivity contribution in [1.29, 1.82) is 0 Å². The second-order valence-corrected chi connectivity index (χ2v) is 4.72. The normalized spacial score (nSPS) is 12.9. The first-order valence-corrected chi connectivity index (χ1v) is 5.52. The van der Waals surface area contributed by atoms with E-state index in [9.17, 15) is 8.78 Å². The molecule has 16 heavy (non-hydrogen) atoms. The average molecular weight is 227 g/mol. The third-order valence-electron chi connectivity index (χ3n) is 3.04. The lowest BCUT2D eigenvalue weighted by molar-refractivity contribution is -0.00831. The van der Waals surface area contributed by atoms with E-state index in [4.69, 9.17) is 5.73 Å². The summed E-state index contributed by atoms with van der Waals surface area (Å²) in [6.45, 7) is 5.98. The Morgan fingerprint density at radius 1 is 1.06 bits per heavy atom. The fraction of sp³-hybridized carbons (Fsp3) is 0.538. The molecule has 1 rings (SSSR count). The summed E-state index contributed by atoms with van der Waals surface area (Å²) in [6.07, 6.45) is -0.174. The zero-order valence-electron chi connectivity index (χ0n) is 10.1. The van der Waals surface area contributed by atoms with E-state index in [1.165, 1.54) is 19.1 Å². The van der Waals surface area contributed by atoms with E-state index >= 15 is 0 Å². The van der Waals surface area contributed by atoms with Gasteiger partial charge >= 0.3 is 0 Å². The van der Waals surface area contributed by atoms with Crippen molar-refractivity contribution in [2.24, 2.45) is 5.73 Å². The lowest BCUT2D eigenvalue weighted by atomic mass is 9.84. The highest BCUT2D eigenvalue weighted by molar-refractivity contribution is 5.30. The Morgan fingerprint density at radius 2 is 1.50 bits per heavy atom. The van der Waals surface area contributed by atoms with Crippen LogP contribution in [0.5, 0.6) is 0 Å². The predicted octanol–water partition coefficient (Wildman–Crippen LogP) is 3.42. The average Bonchev–Trinajstić information content (AvgIpc) is 2.29. The van der Waals surface area contributed by atoms with E-state index < -0.39 is 5.92 Å². The number of benzene rings is 1. The highest BCUT2D eigenvalue weighted by atomic mass is 19.3. The third-order valence-corrected chi connectivity index (χ3v) is 3.04. The van der Waals surface area contributed by atoms with E-state index in [1.54, 1.807) is 12.1 Å². The first kappa shape index (κ1) is 13.1. The molecular formula is C13H19F2N. The van der Waals surface area contributed by atoms with Crippen LogP contribution >= 0.6 is 0 Å². The van der Waals surface area contributed by atoms with Crippen molar-refractivity contribution < 1.29 is 8.78 Å². The van der Waals surface area contributed by atoms with Crippen molar-refractivity contribution in [3.05, 3.63) is 35.4 Å². The minimum Gasteiger partial charge on any atom is -0.330 e. The van der Waals surface area contributed by atoms with Gasteiger partial charge < -0.3 is 5.73 Å². The Bertz CT molecular complexity index is 306. The fourth-order valence-corrected chi connectivity index (χ4v) is 1.49. The molecule has 0 bridgehead atoms. The van der Waals surface area contributed by atoms with Gasteiger partial charge in [0.1, 0.15) is 0 Å². The molecule has 0 radical (unpaired) electrons. The van der Waals surface area contributed by atoms with Crippen molar-refractivity contribution in [3.8, 4) is 0 Å². The summed E-state index contributed by atoms with van der Waals surface area (Å²) in [7, 11) is 0. The standard InChI is InChI=1S/C13H19F2N/c1-4-13(14,15)11-7-5-10(6-8-11)12(2,3)9-16/h5-8H,4,9,16H2,1-3H3. The van der Waals surface area contributed by atoms with E-state index in [-0.39, 0.29) is 17.4 Å². The predicted molar refractivity (Wildman–Crippen MR) is 62.7 cm³/mol. The van der Waals surface area contributed by atoms with Gasteiger partial charge in [0.2, 0.25) is 0 Å². The number of alkyl halides is 2. The maximum Gasteiger partial charge on any atom is 0.273 e. The molecule has 0 aliphatic heterocycles. The Morgan fingerprint density at radius 3 is 1.88 bits per heavy atom. The summed E-state index contributed by atoms with van der Waals surface area (Å²) in [5, 5.41) is 0. The molecule has 0 heterocycles. The number of hydrogen-bond donors (Lipinski definition) is 1. The molecule has 90 valence electrons. The molecule has 0 aliphatic carbocycles. The Hall–Kier alpha value is -0.960. The van der Waals surface area contributed by atoms with Gasteiger partial charge in [-0.05, 0) is 5.56 Å². The first-order chi connectivity index (χ1) is 7.33. The highest BCUT2D eigenvalue weighted by Crippen LogP contribution is 2.32. The topological polar surface area (TPSA) is 26.0 Å². The number of nitrogens with two attached hydrogens (primary N) is 1. The minimum atomic E-state index is -2.73. The van der Waals surface area contributed by atoms with Crippen LogP contribution in [-0.2, 0) is 11.3 Å². The SMILES string of the molecule is CCC(F)(F)c1ccc(C(C)(C)CN)cc1. The van der Waals surface area contributed by atoms with Crippen LogP contribution in [0.2, 0.25) is 0 Å². The minimum absolute atomic E-state index is 0.0755. The van der Waals surface area contributed by atoms with Crippen LogP contribution in [0.4, 0.5) is 8.78 Å². The summed E-state index contributed by atoms with van der Waals surface area (Å²) in [5.41, 5.74) is 6.54. The van der Waals surface area contributed by atoms with Crippen LogP contribution in [0.25, 0.3) is 0 Å². The monoisotopic (exact) mass is 227 g/mol. The molecule has 3 heteroatoms. The van der Waals surface area contributed by atoms with Gasteiger partial charge in [-0.25, -0.2) is 8.78 Å². The zero-order valence-corrected chi connectivity index (χ0v) is 10.1. The van der Waals surface area contributed by atoms with Gasteiger partial charge in [-0.3, -0.25) is 0 Å². The largest absolute Gasteiger partial charge is 0.330 e. The van der Waals surface area contributed by atoms with E-state index in [0.717, 1.165) is 5.56 Å². The van der Waals surface area contributed by atoms with Crippen molar-refractivity contribution >= 4 is 0 Å². The molecule has 1 aromatic carbocycles. The number of hydrogen-bond acceptors (Lipinski definition) is 1. The summed E-state index contributed by atoms with van der Waals surface area (Å²) < 4.78 is 26.7. The molecule has 0 spiro atoms. The van der Waals surface area contributed by atoms with Crippen LogP contribution in [0.3, 0.4) is 0 Å². The zero-order chi connectivity index (χ0) is 12.4. The van der Waals surface area contributed by atoms with E-state index in [1.807, 2.05) is 13.8 Å². The van der Waals surface area contributed by atoms with Crippen molar-refractivity contribution in [2.75, 3.05) is 6.54 Å². The van der Waals surface area contributed by atoms with Gasteiger partial charge in [0.25, 0.3) is 5.92 Å². The summed E-state index contributed by atoms with van der Waals surface area (Å²) in [5.74, 6) is -2.73. The Balaban J connectivity index is 3.00. The molecule has 0 atom stereocenters. The molecule has 1 aromatic rings. The van der Waals surface area contributed by atoms with Crippen molar-refractivity contribution in [2.45, 2.75) is 38.5 Å². The second-order valence-electron chi connectivity index (χ2n) is 4.72. The highest BCUT2D eigenvalue weighted by Gasteiger charge is 2.29. The number of halogens is 2. The van der Waals surface area contributed by atoms with Crippen molar-refractivity contribution in [1.82, 2.24) is 0 Å². The summed E-state index contributed by atoms with van der Waals surface area (Å²) in [6, 6.07) is 6.48.